The van der Waals surface area contributed by atoms with Crippen molar-refractivity contribution in [2.75, 3.05) is 0 Å². The summed E-state index contributed by atoms with van der Waals surface area (Å²) in [6.45, 7) is 12.9. The molecule has 2 amide bonds. The number of benzene rings is 2. The highest BCUT2D eigenvalue weighted by Crippen LogP contribution is 2.22. The fourth-order valence-corrected chi connectivity index (χ4v) is 3.16. The van der Waals surface area contributed by atoms with Gasteiger partial charge in [0.15, 0.2) is 11.5 Å². The molecule has 2 aromatic carbocycles. The Morgan fingerprint density at radius 1 is 0.629 bits per heavy atom. The second-order valence-electron chi connectivity index (χ2n) is 10.3. The molecule has 182 valence electrons. The van der Waals surface area contributed by atoms with Gasteiger partial charge in [0, 0.05) is 0 Å². The van der Waals surface area contributed by atoms with Gasteiger partial charge in [-0.25, -0.2) is 10.9 Å². The first-order valence-corrected chi connectivity index (χ1v) is 11.4. The molecule has 35 heavy (non-hydrogen) atoms. The molecule has 7 nitrogen and oxygen atoms in total. The Labute approximate surface area is 206 Å². The minimum Gasteiger partial charge on any atom is -0.446 e. The maximum absolute atomic E-state index is 12.3. The minimum absolute atomic E-state index is 0.0304. The number of rotatable bonds is 6. The van der Waals surface area contributed by atoms with E-state index in [1.807, 2.05) is 48.5 Å². The molecule has 3 rings (SSSR count). The van der Waals surface area contributed by atoms with Crippen LogP contribution in [0.4, 0.5) is 0 Å². The number of nitrogens with zero attached hydrogens (tertiary/aromatic N) is 2. The maximum atomic E-state index is 12.3. The van der Waals surface area contributed by atoms with Gasteiger partial charge in [-0.3, -0.25) is 9.59 Å². The molecule has 7 heteroatoms. The van der Waals surface area contributed by atoms with Crippen LogP contribution in [0.3, 0.4) is 0 Å². The Morgan fingerprint density at radius 3 is 1.29 bits per heavy atom. The molecule has 2 N–H and O–H groups in total. The molecular weight excluding hydrogens is 440 g/mol. The van der Waals surface area contributed by atoms with Crippen molar-refractivity contribution in [3.8, 4) is 0 Å². The van der Waals surface area contributed by atoms with E-state index in [2.05, 4.69) is 62.6 Å². The van der Waals surface area contributed by atoms with Crippen LogP contribution in [0.25, 0.3) is 0 Å². The van der Waals surface area contributed by atoms with E-state index in [0.29, 0.717) is 0 Å². The summed E-state index contributed by atoms with van der Waals surface area (Å²) >= 11 is 0. The van der Waals surface area contributed by atoms with Crippen LogP contribution in [0.1, 0.15) is 84.9 Å². The topological polar surface area (TPSA) is 96.1 Å². The van der Waals surface area contributed by atoms with Gasteiger partial charge in [0.25, 0.3) is 0 Å². The van der Waals surface area contributed by atoms with Crippen LogP contribution in [0.2, 0.25) is 0 Å². The number of carbonyl (C=O) groups is 2. The van der Waals surface area contributed by atoms with Crippen molar-refractivity contribution < 1.29 is 14.0 Å². The molecule has 1 heterocycles. The number of hydrogen-bond acceptors (Lipinski definition) is 5. The number of hydrazone groups is 2. The van der Waals surface area contributed by atoms with Crippen molar-refractivity contribution in [1.82, 2.24) is 10.9 Å². The van der Waals surface area contributed by atoms with E-state index in [0.717, 1.165) is 11.1 Å². The number of nitrogens with one attached hydrogen (secondary N) is 2. The third-order valence-electron chi connectivity index (χ3n) is 5.37. The van der Waals surface area contributed by atoms with E-state index in [9.17, 15) is 9.59 Å². The summed E-state index contributed by atoms with van der Waals surface area (Å²) in [7, 11) is 0. The summed E-state index contributed by atoms with van der Waals surface area (Å²) in [5.41, 5.74) is 9.05. The lowest BCUT2D eigenvalue weighted by Gasteiger charge is -2.18. The highest BCUT2D eigenvalue weighted by molar-refractivity contribution is 5.96. The van der Waals surface area contributed by atoms with E-state index >= 15 is 0 Å². The lowest BCUT2D eigenvalue weighted by Crippen LogP contribution is -2.18. The molecule has 0 saturated heterocycles. The van der Waals surface area contributed by atoms with Gasteiger partial charge in [-0.2, -0.15) is 10.2 Å². The molecule has 0 atom stereocenters. The normalized spacial score (nSPS) is 12.3. The second-order valence-corrected chi connectivity index (χ2v) is 10.3. The summed E-state index contributed by atoms with van der Waals surface area (Å²) in [5, 5.41) is 7.92. The molecule has 0 aliphatic rings. The summed E-state index contributed by atoms with van der Waals surface area (Å²) in [4.78, 5) is 24.5. The van der Waals surface area contributed by atoms with Crippen LogP contribution < -0.4 is 10.9 Å². The minimum atomic E-state index is -0.561. The zero-order valence-electron chi connectivity index (χ0n) is 21.0. The fourth-order valence-electron chi connectivity index (χ4n) is 3.16. The third-order valence-corrected chi connectivity index (χ3v) is 5.37. The third kappa shape index (κ3) is 7.24. The molecular formula is C28H32N4O3. The molecule has 0 spiro atoms. The predicted octanol–water partition coefficient (Wildman–Crippen LogP) is 5.40. The SMILES string of the molecule is CC(C)(C)c1ccc(C=NNC(=O)c2ccc(C(=O)NN=Cc3ccc(C(C)(C)C)cc3)o2)cc1. The monoisotopic (exact) mass is 472 g/mol. The first-order chi connectivity index (χ1) is 16.4. The highest BCUT2D eigenvalue weighted by atomic mass is 16.4. The van der Waals surface area contributed by atoms with Crippen LogP contribution in [0, 0.1) is 0 Å². The lowest BCUT2D eigenvalue weighted by molar-refractivity contribution is 0.0902. The smallest absolute Gasteiger partial charge is 0.307 e. The fraction of sp³-hybridized carbons (Fsp3) is 0.286. The summed E-state index contributed by atoms with van der Waals surface area (Å²) < 4.78 is 5.35. The van der Waals surface area contributed by atoms with Crippen LogP contribution in [0.15, 0.2) is 75.3 Å². The Balaban J connectivity index is 1.52. The number of carbonyl (C=O) groups excluding carboxylic acids is 2. The maximum Gasteiger partial charge on any atom is 0.307 e. The quantitative estimate of drug-likeness (QED) is 0.371. The predicted molar refractivity (Wildman–Crippen MR) is 139 cm³/mol. The largest absolute Gasteiger partial charge is 0.446 e. The Kier molecular flexibility index (Phi) is 7.69. The molecule has 0 saturated carbocycles. The molecule has 0 unspecified atom stereocenters. The molecule has 1 aromatic heterocycles. The van der Waals surface area contributed by atoms with Crippen LogP contribution in [-0.2, 0) is 10.8 Å². The van der Waals surface area contributed by atoms with Crippen LogP contribution in [-0.4, -0.2) is 24.2 Å². The zero-order chi connectivity index (χ0) is 25.6. The second kappa shape index (κ2) is 10.5. The van der Waals surface area contributed by atoms with Gasteiger partial charge in [0.05, 0.1) is 12.4 Å². The summed E-state index contributed by atoms with van der Waals surface area (Å²) in [6.07, 6.45) is 3.09. The first-order valence-electron chi connectivity index (χ1n) is 11.4. The van der Waals surface area contributed by atoms with Gasteiger partial charge in [0.2, 0.25) is 0 Å². The van der Waals surface area contributed by atoms with Crippen LogP contribution in [0.5, 0.6) is 0 Å². The molecule has 0 aliphatic carbocycles. The first kappa shape index (κ1) is 25.6. The number of hydrogen-bond donors (Lipinski definition) is 2. The van der Waals surface area contributed by atoms with Gasteiger partial charge >= 0.3 is 11.8 Å². The standard InChI is InChI=1S/C28H32N4O3/c1-27(2,3)21-11-7-19(8-12-21)17-29-31-25(33)23-15-16-24(35-23)26(34)32-30-18-20-9-13-22(14-10-20)28(4,5)6/h7-18H,1-6H3,(H,31,33)(H,32,34). The van der Waals surface area contributed by atoms with Gasteiger partial charge in [-0.15, -0.1) is 0 Å². The van der Waals surface area contributed by atoms with Crippen LogP contribution >= 0.6 is 0 Å². The van der Waals surface area contributed by atoms with E-state index in [-0.39, 0.29) is 22.4 Å². The van der Waals surface area contributed by atoms with E-state index in [1.165, 1.54) is 23.3 Å². The summed E-state index contributed by atoms with van der Waals surface area (Å²) in [5.74, 6) is -1.18. The van der Waals surface area contributed by atoms with Gasteiger partial charge < -0.3 is 4.42 Å². The van der Waals surface area contributed by atoms with Gasteiger partial charge in [0.1, 0.15) is 0 Å². The molecule has 0 aliphatic heterocycles. The van der Waals surface area contributed by atoms with Gasteiger partial charge in [-0.05, 0) is 45.2 Å². The van der Waals surface area contributed by atoms with Crippen molar-refractivity contribution in [1.29, 1.82) is 0 Å². The molecule has 0 radical (unpaired) electrons. The zero-order valence-corrected chi connectivity index (χ0v) is 21.0. The molecule has 0 fully saturated rings. The average molecular weight is 473 g/mol. The Morgan fingerprint density at radius 2 is 0.971 bits per heavy atom. The van der Waals surface area contributed by atoms with E-state index in [4.69, 9.17) is 4.42 Å². The van der Waals surface area contributed by atoms with E-state index in [1.54, 1.807) is 12.4 Å². The van der Waals surface area contributed by atoms with Crippen molar-refractivity contribution in [3.63, 3.8) is 0 Å². The average Bonchev–Trinajstić information content (AvgIpc) is 3.29. The van der Waals surface area contributed by atoms with Crippen molar-refractivity contribution in [2.45, 2.75) is 52.4 Å². The highest BCUT2D eigenvalue weighted by Gasteiger charge is 2.16. The molecule has 0 bridgehead atoms. The summed E-state index contributed by atoms with van der Waals surface area (Å²) in [6, 6.07) is 18.7. The van der Waals surface area contributed by atoms with Crippen molar-refractivity contribution >= 4 is 24.2 Å². The van der Waals surface area contributed by atoms with Gasteiger partial charge in [-0.1, -0.05) is 90.1 Å². The number of amides is 2. The van der Waals surface area contributed by atoms with Crippen molar-refractivity contribution in [3.05, 3.63) is 94.4 Å². The molecule has 3 aromatic rings. The number of furan rings is 1. The van der Waals surface area contributed by atoms with E-state index < -0.39 is 11.8 Å². The Bertz CT molecular complexity index is 1130. The van der Waals surface area contributed by atoms with Crippen molar-refractivity contribution in [2.24, 2.45) is 10.2 Å². The lowest BCUT2D eigenvalue weighted by atomic mass is 9.87. The Hall–Kier alpha value is -4.00.